The highest BCUT2D eigenvalue weighted by atomic mass is 16.3. The second-order valence-electron chi connectivity index (χ2n) is 4.66. The average molecular weight is 287 g/mol. The summed E-state index contributed by atoms with van der Waals surface area (Å²) in [5, 5.41) is 2.82. The zero-order valence-electron chi connectivity index (χ0n) is 11.7. The van der Waals surface area contributed by atoms with E-state index in [1.807, 2.05) is 54.6 Å². The Balaban J connectivity index is 1.76. The van der Waals surface area contributed by atoms with Crippen LogP contribution in [0.5, 0.6) is 0 Å². The second kappa shape index (κ2) is 6.47. The maximum atomic E-state index is 12.0. The number of hydrogen-bond acceptors (Lipinski definition) is 2. The van der Waals surface area contributed by atoms with Crippen molar-refractivity contribution >= 4 is 11.6 Å². The fourth-order valence-corrected chi connectivity index (χ4v) is 1.94. The number of amides is 1. The third-order valence-corrected chi connectivity index (χ3v) is 3.03. The Morgan fingerprint density at radius 2 is 1.68 bits per heavy atom. The number of hydrogen-bond donors (Lipinski definition) is 1. The fourth-order valence-electron chi connectivity index (χ4n) is 1.94. The standard InChI is InChI=1S/C19H13NO2/c21-19(17-11-12-22-14-17)20-18-8-4-7-16(13-18)10-9-15-5-2-1-3-6-15/h1-8,11-14H,(H,20,21). The molecule has 1 aromatic heterocycles. The van der Waals surface area contributed by atoms with Gasteiger partial charge in [0.2, 0.25) is 0 Å². The van der Waals surface area contributed by atoms with Gasteiger partial charge < -0.3 is 9.73 Å². The predicted octanol–water partition coefficient (Wildman–Crippen LogP) is 3.93. The predicted molar refractivity (Wildman–Crippen MR) is 85.5 cm³/mol. The Morgan fingerprint density at radius 3 is 2.45 bits per heavy atom. The van der Waals surface area contributed by atoms with E-state index in [0.29, 0.717) is 11.3 Å². The van der Waals surface area contributed by atoms with Gasteiger partial charge in [0.1, 0.15) is 6.26 Å². The summed E-state index contributed by atoms with van der Waals surface area (Å²) in [6.07, 6.45) is 2.88. The topological polar surface area (TPSA) is 42.2 Å². The van der Waals surface area contributed by atoms with Crippen molar-refractivity contribution in [3.8, 4) is 11.8 Å². The SMILES string of the molecule is O=C(Nc1cccc(C#Cc2ccccc2)c1)c1ccoc1. The van der Waals surface area contributed by atoms with Crippen LogP contribution in [0, 0.1) is 11.8 Å². The lowest BCUT2D eigenvalue weighted by atomic mass is 10.1. The van der Waals surface area contributed by atoms with Crippen LogP contribution in [0.15, 0.2) is 77.6 Å². The van der Waals surface area contributed by atoms with Gasteiger partial charge >= 0.3 is 0 Å². The Morgan fingerprint density at radius 1 is 0.909 bits per heavy atom. The van der Waals surface area contributed by atoms with E-state index in [1.54, 1.807) is 6.07 Å². The molecular formula is C19H13NO2. The Hall–Kier alpha value is -3.25. The highest BCUT2D eigenvalue weighted by Crippen LogP contribution is 2.12. The molecule has 0 saturated heterocycles. The van der Waals surface area contributed by atoms with Gasteiger partial charge in [-0.25, -0.2) is 0 Å². The molecule has 0 radical (unpaired) electrons. The monoisotopic (exact) mass is 287 g/mol. The molecule has 3 heteroatoms. The molecule has 0 fully saturated rings. The van der Waals surface area contributed by atoms with Crippen LogP contribution in [0.2, 0.25) is 0 Å². The van der Waals surface area contributed by atoms with E-state index in [2.05, 4.69) is 17.2 Å². The number of nitrogens with one attached hydrogen (secondary N) is 1. The molecule has 3 rings (SSSR count). The fraction of sp³-hybridized carbons (Fsp3) is 0. The van der Waals surface area contributed by atoms with Gasteiger partial charge in [-0.15, -0.1) is 0 Å². The van der Waals surface area contributed by atoms with Crippen molar-refractivity contribution in [2.75, 3.05) is 5.32 Å². The van der Waals surface area contributed by atoms with Crippen LogP contribution in [-0.2, 0) is 0 Å². The molecule has 2 aromatic carbocycles. The zero-order chi connectivity index (χ0) is 15.2. The van der Waals surface area contributed by atoms with Gasteiger partial charge in [0, 0.05) is 16.8 Å². The Bertz CT molecular complexity index is 825. The summed E-state index contributed by atoms with van der Waals surface area (Å²) in [4.78, 5) is 12.0. The molecule has 1 heterocycles. The summed E-state index contributed by atoms with van der Waals surface area (Å²) in [6, 6.07) is 18.8. The second-order valence-corrected chi connectivity index (χ2v) is 4.66. The lowest BCUT2D eigenvalue weighted by Crippen LogP contribution is -2.10. The number of carbonyl (C=O) groups excluding carboxylic acids is 1. The van der Waals surface area contributed by atoms with E-state index in [4.69, 9.17) is 4.42 Å². The summed E-state index contributed by atoms with van der Waals surface area (Å²) in [5.74, 6) is 5.97. The summed E-state index contributed by atoms with van der Waals surface area (Å²) < 4.78 is 4.90. The van der Waals surface area contributed by atoms with Crippen LogP contribution >= 0.6 is 0 Å². The molecule has 0 aliphatic heterocycles. The van der Waals surface area contributed by atoms with Crippen LogP contribution in [-0.4, -0.2) is 5.91 Å². The molecule has 0 atom stereocenters. The number of rotatable bonds is 2. The minimum Gasteiger partial charge on any atom is -0.472 e. The molecular weight excluding hydrogens is 274 g/mol. The van der Waals surface area contributed by atoms with E-state index < -0.39 is 0 Å². The number of carbonyl (C=O) groups is 1. The molecule has 1 amide bonds. The summed E-state index contributed by atoms with van der Waals surface area (Å²) >= 11 is 0. The van der Waals surface area contributed by atoms with Gasteiger partial charge in [-0.3, -0.25) is 4.79 Å². The van der Waals surface area contributed by atoms with Crippen LogP contribution < -0.4 is 5.32 Å². The number of benzene rings is 2. The molecule has 0 aliphatic rings. The van der Waals surface area contributed by atoms with Gasteiger partial charge in [0.15, 0.2) is 0 Å². The van der Waals surface area contributed by atoms with Crippen molar-refractivity contribution in [2.24, 2.45) is 0 Å². The third kappa shape index (κ3) is 3.44. The first-order valence-corrected chi connectivity index (χ1v) is 6.82. The molecule has 106 valence electrons. The quantitative estimate of drug-likeness (QED) is 0.726. The smallest absolute Gasteiger partial charge is 0.258 e. The highest BCUT2D eigenvalue weighted by Gasteiger charge is 2.06. The van der Waals surface area contributed by atoms with Crippen molar-refractivity contribution in [1.82, 2.24) is 0 Å². The van der Waals surface area contributed by atoms with Gasteiger partial charge in [-0.05, 0) is 36.4 Å². The van der Waals surface area contributed by atoms with E-state index in [9.17, 15) is 4.79 Å². The summed E-state index contributed by atoms with van der Waals surface area (Å²) in [7, 11) is 0. The molecule has 0 bridgehead atoms. The molecule has 0 aliphatic carbocycles. The molecule has 0 saturated carbocycles. The minimum atomic E-state index is -0.207. The first-order valence-electron chi connectivity index (χ1n) is 6.82. The Kier molecular flexibility index (Phi) is 4.03. The van der Waals surface area contributed by atoms with Crippen LogP contribution in [0.1, 0.15) is 21.5 Å². The molecule has 1 N–H and O–H groups in total. The van der Waals surface area contributed by atoms with Crippen molar-refractivity contribution < 1.29 is 9.21 Å². The van der Waals surface area contributed by atoms with Crippen LogP contribution in [0.25, 0.3) is 0 Å². The molecule has 22 heavy (non-hydrogen) atoms. The van der Waals surface area contributed by atoms with Gasteiger partial charge in [-0.1, -0.05) is 36.1 Å². The van der Waals surface area contributed by atoms with E-state index in [0.717, 1.165) is 11.1 Å². The first kappa shape index (κ1) is 13.7. The maximum absolute atomic E-state index is 12.0. The van der Waals surface area contributed by atoms with Crippen molar-refractivity contribution in [1.29, 1.82) is 0 Å². The van der Waals surface area contributed by atoms with E-state index in [-0.39, 0.29) is 5.91 Å². The van der Waals surface area contributed by atoms with Gasteiger partial charge in [0.25, 0.3) is 5.91 Å². The first-order chi connectivity index (χ1) is 10.8. The molecule has 3 aromatic rings. The average Bonchev–Trinajstić information content (AvgIpc) is 3.09. The maximum Gasteiger partial charge on any atom is 0.258 e. The Labute approximate surface area is 128 Å². The normalized spacial score (nSPS) is 9.64. The summed E-state index contributed by atoms with van der Waals surface area (Å²) in [6.45, 7) is 0. The largest absolute Gasteiger partial charge is 0.472 e. The van der Waals surface area contributed by atoms with Crippen molar-refractivity contribution in [2.45, 2.75) is 0 Å². The lowest BCUT2D eigenvalue weighted by Gasteiger charge is -2.03. The van der Waals surface area contributed by atoms with Crippen molar-refractivity contribution in [3.63, 3.8) is 0 Å². The molecule has 0 unspecified atom stereocenters. The number of anilines is 1. The summed E-state index contributed by atoms with van der Waals surface area (Å²) in [5.41, 5.74) is 2.98. The molecule has 0 spiro atoms. The van der Waals surface area contributed by atoms with Crippen LogP contribution in [0.4, 0.5) is 5.69 Å². The molecule has 3 nitrogen and oxygen atoms in total. The third-order valence-electron chi connectivity index (χ3n) is 3.03. The lowest BCUT2D eigenvalue weighted by molar-refractivity contribution is 0.102. The van der Waals surface area contributed by atoms with Gasteiger partial charge in [0.05, 0.1) is 11.8 Å². The zero-order valence-corrected chi connectivity index (χ0v) is 11.7. The van der Waals surface area contributed by atoms with E-state index in [1.165, 1.54) is 12.5 Å². The van der Waals surface area contributed by atoms with Crippen molar-refractivity contribution in [3.05, 3.63) is 89.9 Å². The van der Waals surface area contributed by atoms with E-state index >= 15 is 0 Å². The number of furan rings is 1. The minimum absolute atomic E-state index is 0.207. The van der Waals surface area contributed by atoms with Gasteiger partial charge in [-0.2, -0.15) is 0 Å². The highest BCUT2D eigenvalue weighted by molar-refractivity contribution is 6.04. The van der Waals surface area contributed by atoms with Crippen LogP contribution in [0.3, 0.4) is 0 Å².